The molecule has 2 aliphatic heterocycles. The van der Waals surface area contributed by atoms with E-state index >= 15 is 0 Å². The second kappa shape index (κ2) is 4.17. The molecule has 2 aliphatic carbocycles. The van der Waals surface area contributed by atoms with Crippen LogP contribution >= 0.6 is 0 Å². The van der Waals surface area contributed by atoms with E-state index in [1.807, 2.05) is 0 Å². The summed E-state index contributed by atoms with van der Waals surface area (Å²) in [5.74, 6) is 0.884. The Labute approximate surface area is 113 Å². The number of amides is 2. The van der Waals surface area contributed by atoms with Crippen LogP contribution in [0.4, 0.5) is 0 Å². The number of hydrogen-bond acceptors (Lipinski definition) is 2. The van der Waals surface area contributed by atoms with Crippen LogP contribution in [0.25, 0.3) is 0 Å². The predicted molar refractivity (Wildman–Crippen MR) is 69.2 cm³/mol. The first-order valence-corrected chi connectivity index (χ1v) is 7.63. The Balaban J connectivity index is 1.46. The smallest absolute Gasteiger partial charge is 0.233 e. The lowest BCUT2D eigenvalue weighted by atomic mass is 9.85. The number of allylic oxidation sites excluding steroid dienone is 2. The molecule has 2 bridgehead atoms. The van der Waals surface area contributed by atoms with Crippen molar-refractivity contribution >= 4 is 11.8 Å². The summed E-state index contributed by atoms with van der Waals surface area (Å²) in [5.41, 5.74) is 0. The second-order valence-corrected chi connectivity index (χ2v) is 6.54. The average molecular weight is 261 g/mol. The van der Waals surface area contributed by atoms with Gasteiger partial charge in [-0.15, -0.1) is 0 Å². The highest BCUT2D eigenvalue weighted by Gasteiger charge is 2.59. The van der Waals surface area contributed by atoms with Crippen LogP contribution in [-0.2, 0) is 9.59 Å². The highest BCUT2D eigenvalue weighted by atomic mass is 16.2. The van der Waals surface area contributed by atoms with Crippen molar-refractivity contribution in [3.63, 3.8) is 0 Å². The summed E-state index contributed by atoms with van der Waals surface area (Å²) < 4.78 is 0. The van der Waals surface area contributed by atoms with Crippen molar-refractivity contribution in [2.45, 2.75) is 19.3 Å². The van der Waals surface area contributed by atoms with Crippen molar-refractivity contribution in [2.75, 3.05) is 26.2 Å². The topological polar surface area (TPSA) is 41.8 Å². The van der Waals surface area contributed by atoms with Crippen LogP contribution in [0, 0.1) is 23.7 Å². The van der Waals surface area contributed by atoms with Crippen molar-refractivity contribution in [3.05, 3.63) is 12.2 Å². The van der Waals surface area contributed by atoms with E-state index in [1.165, 1.54) is 25.9 Å². The van der Waals surface area contributed by atoms with Gasteiger partial charge in [-0.05, 0) is 18.3 Å². The van der Waals surface area contributed by atoms with Gasteiger partial charge in [-0.3, -0.25) is 14.5 Å². The zero-order valence-corrected chi connectivity index (χ0v) is 11.2. The van der Waals surface area contributed by atoms with Crippen LogP contribution in [0.1, 0.15) is 19.3 Å². The number of hydrogen-bond donors (Lipinski definition) is 1. The van der Waals surface area contributed by atoms with E-state index in [4.69, 9.17) is 0 Å². The van der Waals surface area contributed by atoms with Gasteiger partial charge in [-0.2, -0.15) is 0 Å². The molecule has 0 aromatic heterocycles. The summed E-state index contributed by atoms with van der Waals surface area (Å²) in [6.07, 6.45) is 7.92. The largest absolute Gasteiger partial charge is 0.333 e. The molecule has 2 heterocycles. The van der Waals surface area contributed by atoms with Gasteiger partial charge >= 0.3 is 0 Å². The van der Waals surface area contributed by atoms with Gasteiger partial charge in [-0.1, -0.05) is 12.2 Å². The maximum atomic E-state index is 12.5. The molecule has 0 radical (unpaired) electrons. The normalized spacial score (nSPS) is 40.7. The minimum absolute atomic E-state index is 0.0175. The fraction of sp³-hybridized carbons (Fsp3) is 0.733. The molecule has 1 N–H and O–H groups in total. The lowest BCUT2D eigenvalue weighted by Gasteiger charge is -2.19. The highest BCUT2D eigenvalue weighted by Crippen LogP contribution is 2.52. The van der Waals surface area contributed by atoms with Crippen molar-refractivity contribution in [1.29, 1.82) is 0 Å². The number of nitrogens with zero attached hydrogens (tertiary/aromatic N) is 1. The molecular weight excluding hydrogens is 240 g/mol. The molecule has 4 aliphatic rings. The fourth-order valence-electron chi connectivity index (χ4n) is 4.58. The Morgan fingerprint density at radius 3 is 2.21 bits per heavy atom. The summed E-state index contributed by atoms with van der Waals surface area (Å²) in [5, 5.41) is 0. The maximum Gasteiger partial charge on any atom is 0.233 e. The third kappa shape index (κ3) is 1.62. The minimum Gasteiger partial charge on any atom is -0.333 e. The zero-order chi connectivity index (χ0) is 13.0. The minimum atomic E-state index is -0.0175. The lowest BCUT2D eigenvalue weighted by molar-refractivity contribution is -0.886. The molecule has 0 spiro atoms. The van der Waals surface area contributed by atoms with Crippen LogP contribution in [0.15, 0.2) is 12.2 Å². The van der Waals surface area contributed by atoms with Gasteiger partial charge in [0.2, 0.25) is 11.8 Å². The quantitative estimate of drug-likeness (QED) is 0.548. The van der Waals surface area contributed by atoms with Gasteiger partial charge in [0.05, 0.1) is 38.0 Å². The Hall–Kier alpha value is -1.16. The third-order valence-electron chi connectivity index (χ3n) is 5.56. The van der Waals surface area contributed by atoms with E-state index in [9.17, 15) is 9.59 Å². The van der Waals surface area contributed by atoms with E-state index in [-0.39, 0.29) is 23.7 Å². The van der Waals surface area contributed by atoms with Crippen molar-refractivity contribution in [1.82, 2.24) is 4.90 Å². The molecule has 4 nitrogen and oxygen atoms in total. The Morgan fingerprint density at radius 1 is 1.05 bits per heavy atom. The van der Waals surface area contributed by atoms with Crippen molar-refractivity contribution in [3.8, 4) is 0 Å². The summed E-state index contributed by atoms with van der Waals surface area (Å²) in [6.45, 7) is 3.99. The van der Waals surface area contributed by atoms with Gasteiger partial charge in [0, 0.05) is 12.8 Å². The van der Waals surface area contributed by atoms with Crippen molar-refractivity contribution in [2.24, 2.45) is 23.7 Å². The van der Waals surface area contributed by atoms with Crippen LogP contribution in [0.5, 0.6) is 0 Å². The van der Waals surface area contributed by atoms with Gasteiger partial charge in [0.15, 0.2) is 0 Å². The fourth-order valence-corrected chi connectivity index (χ4v) is 4.58. The molecule has 4 heteroatoms. The number of quaternary nitrogens is 1. The van der Waals surface area contributed by atoms with Gasteiger partial charge in [0.25, 0.3) is 0 Å². The monoisotopic (exact) mass is 261 g/mol. The number of carbonyl (C=O) groups excluding carboxylic acids is 2. The van der Waals surface area contributed by atoms with Gasteiger partial charge < -0.3 is 4.90 Å². The Morgan fingerprint density at radius 2 is 1.63 bits per heavy atom. The van der Waals surface area contributed by atoms with Crippen LogP contribution < -0.4 is 4.90 Å². The molecule has 0 unspecified atom stereocenters. The average Bonchev–Trinajstić information content (AvgIpc) is 3.14. The van der Waals surface area contributed by atoms with Crippen LogP contribution in [0.3, 0.4) is 0 Å². The van der Waals surface area contributed by atoms with E-state index in [0.29, 0.717) is 18.4 Å². The number of likely N-dealkylation sites (tertiary alicyclic amines) is 2. The number of fused-ring (bicyclic) bond motifs is 5. The summed E-state index contributed by atoms with van der Waals surface area (Å²) in [4.78, 5) is 28.0. The number of carbonyl (C=O) groups is 2. The van der Waals surface area contributed by atoms with Crippen LogP contribution in [-0.4, -0.2) is 42.9 Å². The first kappa shape index (κ1) is 11.6. The SMILES string of the molecule is O=C1[C@@H]2[C@H](C(=O)N1CC[NH+]1CCCC1)[C@H]1C=C[C@H]2C1. The molecular formula is C15H21N2O2+. The summed E-state index contributed by atoms with van der Waals surface area (Å²) >= 11 is 0. The Kier molecular flexibility index (Phi) is 2.56. The van der Waals surface area contributed by atoms with Gasteiger partial charge in [-0.25, -0.2) is 0 Å². The molecule has 1 saturated carbocycles. The summed E-state index contributed by atoms with van der Waals surface area (Å²) in [6, 6.07) is 0. The highest BCUT2D eigenvalue weighted by molar-refractivity contribution is 6.06. The van der Waals surface area contributed by atoms with E-state index in [2.05, 4.69) is 12.2 Å². The molecule has 4 rings (SSSR count). The molecule has 0 aromatic rings. The molecule has 102 valence electrons. The number of rotatable bonds is 3. The predicted octanol–water partition coefficient (Wildman–Crippen LogP) is -0.528. The maximum absolute atomic E-state index is 12.5. The first-order chi connectivity index (χ1) is 9.25. The third-order valence-corrected chi connectivity index (χ3v) is 5.56. The van der Waals surface area contributed by atoms with E-state index in [1.54, 1.807) is 9.80 Å². The second-order valence-electron chi connectivity index (χ2n) is 6.54. The van der Waals surface area contributed by atoms with Crippen LogP contribution in [0.2, 0.25) is 0 Å². The molecule has 2 amide bonds. The van der Waals surface area contributed by atoms with Crippen molar-refractivity contribution < 1.29 is 14.5 Å². The molecule has 0 aromatic carbocycles. The number of imide groups is 1. The molecule has 19 heavy (non-hydrogen) atoms. The number of nitrogens with one attached hydrogen (secondary N) is 1. The molecule has 2 saturated heterocycles. The first-order valence-electron chi connectivity index (χ1n) is 7.63. The molecule has 3 fully saturated rings. The molecule has 4 atom stereocenters. The standard InChI is InChI=1S/C15H20N2O2/c18-14-12-10-3-4-11(9-10)13(12)15(19)17(14)8-7-16-5-1-2-6-16/h3-4,10-13H,1-2,5-9H2/p+1/t10-,11-,12-,13+/m0/s1. The van der Waals surface area contributed by atoms with E-state index < -0.39 is 0 Å². The lowest BCUT2D eigenvalue weighted by Crippen LogP contribution is -3.10. The Bertz CT molecular complexity index is 423. The van der Waals surface area contributed by atoms with E-state index in [0.717, 1.165) is 13.0 Å². The van der Waals surface area contributed by atoms with Gasteiger partial charge in [0.1, 0.15) is 0 Å². The zero-order valence-electron chi connectivity index (χ0n) is 11.2. The summed E-state index contributed by atoms with van der Waals surface area (Å²) in [7, 11) is 0.